The van der Waals surface area contributed by atoms with Crippen LogP contribution >= 0.6 is 12.4 Å². The van der Waals surface area contributed by atoms with E-state index in [0.717, 1.165) is 30.3 Å². The molecule has 1 saturated carbocycles. The maximum absolute atomic E-state index is 14.4. The summed E-state index contributed by atoms with van der Waals surface area (Å²) in [4.78, 5) is 22.5. The topological polar surface area (TPSA) is 84.1 Å². The number of nitrogens with one attached hydrogen (secondary N) is 1. The number of rotatable bonds is 5. The van der Waals surface area contributed by atoms with Crippen LogP contribution in [-0.4, -0.2) is 36.0 Å². The highest BCUT2D eigenvalue weighted by atomic mass is 35.5. The fraction of sp³-hybridized carbons (Fsp3) is 0.450. The second-order valence-electron chi connectivity index (χ2n) is 7.47. The molecule has 9 heteroatoms. The minimum atomic E-state index is -0.967. The number of halogens is 3. The van der Waals surface area contributed by atoms with Gasteiger partial charge in [0, 0.05) is 43.0 Å². The molecule has 1 heterocycles. The molecule has 0 unspecified atom stereocenters. The third-order valence-corrected chi connectivity index (χ3v) is 5.24. The smallest absolute Gasteiger partial charge is 0.249 e. The van der Waals surface area contributed by atoms with Crippen molar-refractivity contribution in [3.05, 3.63) is 46.7 Å². The monoisotopic (exact) mass is 425 g/mol. The van der Waals surface area contributed by atoms with E-state index in [1.165, 1.54) is 6.07 Å². The van der Waals surface area contributed by atoms with E-state index in [2.05, 4.69) is 15.3 Å². The number of carbonyl (C=O) groups is 1. The summed E-state index contributed by atoms with van der Waals surface area (Å²) in [7, 11) is 3.85. The third-order valence-electron chi connectivity index (χ3n) is 5.24. The number of carbonyl (C=O) groups excluding carboxylic acids is 1. The molecule has 0 bridgehead atoms. The van der Waals surface area contributed by atoms with Crippen LogP contribution < -0.4 is 16.0 Å². The van der Waals surface area contributed by atoms with Gasteiger partial charge in [0.2, 0.25) is 11.9 Å². The van der Waals surface area contributed by atoms with Crippen molar-refractivity contribution >= 4 is 30.1 Å². The Balaban J connectivity index is 0.00000300. The number of anilines is 2. The lowest BCUT2D eigenvalue weighted by Crippen LogP contribution is -2.28. The van der Waals surface area contributed by atoms with E-state index in [9.17, 15) is 13.6 Å². The maximum atomic E-state index is 14.4. The molecule has 158 valence electrons. The van der Waals surface area contributed by atoms with Gasteiger partial charge in [0.25, 0.3) is 0 Å². The van der Waals surface area contributed by atoms with Gasteiger partial charge in [-0.25, -0.2) is 13.8 Å². The van der Waals surface area contributed by atoms with Crippen LogP contribution in [0.5, 0.6) is 0 Å². The molecule has 6 nitrogen and oxygen atoms in total. The minimum absolute atomic E-state index is 0. The first-order valence-electron chi connectivity index (χ1n) is 9.33. The fourth-order valence-corrected chi connectivity index (χ4v) is 3.84. The Morgan fingerprint density at radius 3 is 2.45 bits per heavy atom. The zero-order valence-corrected chi connectivity index (χ0v) is 17.5. The number of hydrogen-bond acceptors (Lipinski definition) is 5. The highest BCUT2D eigenvalue weighted by Gasteiger charge is 2.29. The Labute approximate surface area is 175 Å². The van der Waals surface area contributed by atoms with E-state index in [4.69, 9.17) is 5.73 Å². The van der Waals surface area contributed by atoms with Gasteiger partial charge >= 0.3 is 0 Å². The van der Waals surface area contributed by atoms with E-state index in [0.29, 0.717) is 18.8 Å². The average molecular weight is 426 g/mol. The molecule has 29 heavy (non-hydrogen) atoms. The van der Waals surface area contributed by atoms with Crippen LogP contribution in [0.25, 0.3) is 0 Å². The van der Waals surface area contributed by atoms with E-state index in [-0.39, 0.29) is 35.5 Å². The predicted octanol–water partition coefficient (Wildman–Crippen LogP) is 3.79. The van der Waals surface area contributed by atoms with E-state index >= 15 is 0 Å². The normalized spacial score (nSPS) is 18.7. The maximum Gasteiger partial charge on any atom is 0.249 e. The van der Waals surface area contributed by atoms with E-state index in [1.807, 2.05) is 25.9 Å². The van der Waals surface area contributed by atoms with Gasteiger partial charge in [-0.05, 0) is 50.7 Å². The first-order chi connectivity index (χ1) is 13.3. The van der Waals surface area contributed by atoms with Gasteiger partial charge < -0.3 is 16.0 Å². The molecule has 2 aromatic rings. The summed E-state index contributed by atoms with van der Waals surface area (Å²) < 4.78 is 28.1. The standard InChI is InChI=1S/C20H25F2N5O.ClH/c1-11-10-24-20(26-19(11)27(2)3)25-13-6-4-12(5-7-13)16-14(18(23)28)8-9-15(21)17(16)22;/h8-10,12-13H,4-7H2,1-3H3,(H2,23,28)(H,24,25,26);1H. The molecule has 3 rings (SSSR count). The van der Waals surface area contributed by atoms with Gasteiger partial charge in [-0.15, -0.1) is 12.4 Å². The summed E-state index contributed by atoms with van der Waals surface area (Å²) >= 11 is 0. The van der Waals surface area contributed by atoms with Crippen molar-refractivity contribution in [2.24, 2.45) is 5.73 Å². The molecular weight excluding hydrogens is 400 g/mol. The van der Waals surface area contributed by atoms with Gasteiger partial charge in [0.1, 0.15) is 5.82 Å². The van der Waals surface area contributed by atoms with Gasteiger partial charge in [0.15, 0.2) is 11.6 Å². The molecule has 1 aliphatic rings. The number of primary amides is 1. The number of nitrogens with two attached hydrogens (primary N) is 1. The molecule has 0 atom stereocenters. The summed E-state index contributed by atoms with van der Waals surface area (Å²) in [6.45, 7) is 1.95. The van der Waals surface area contributed by atoms with Gasteiger partial charge in [-0.3, -0.25) is 4.79 Å². The van der Waals surface area contributed by atoms with Crippen molar-refractivity contribution < 1.29 is 13.6 Å². The second-order valence-corrected chi connectivity index (χ2v) is 7.47. The lowest BCUT2D eigenvalue weighted by atomic mass is 9.79. The van der Waals surface area contributed by atoms with Crippen LogP contribution in [0.1, 0.15) is 53.1 Å². The van der Waals surface area contributed by atoms with Crippen LogP contribution in [0.3, 0.4) is 0 Å². The number of aryl methyl sites for hydroxylation is 1. The molecule has 1 aromatic heterocycles. The molecule has 1 fully saturated rings. The quantitative estimate of drug-likeness (QED) is 0.761. The summed E-state index contributed by atoms with van der Waals surface area (Å²) in [6, 6.07) is 2.34. The average Bonchev–Trinajstić information content (AvgIpc) is 2.65. The Morgan fingerprint density at radius 2 is 1.86 bits per heavy atom. The fourth-order valence-electron chi connectivity index (χ4n) is 3.84. The second kappa shape index (κ2) is 9.35. The highest BCUT2D eigenvalue weighted by Crippen LogP contribution is 2.37. The molecule has 0 aliphatic heterocycles. The summed E-state index contributed by atoms with van der Waals surface area (Å²) in [5, 5.41) is 3.33. The summed E-state index contributed by atoms with van der Waals surface area (Å²) in [5.41, 5.74) is 6.51. The lowest BCUT2D eigenvalue weighted by molar-refractivity contribution is 0.0998. The van der Waals surface area contributed by atoms with Gasteiger partial charge in [-0.1, -0.05) is 0 Å². The van der Waals surface area contributed by atoms with Crippen LogP contribution in [0.2, 0.25) is 0 Å². The summed E-state index contributed by atoms with van der Waals surface area (Å²) in [6.07, 6.45) is 4.47. The molecular formula is C20H26ClF2N5O. The number of amides is 1. The molecule has 1 aromatic carbocycles. The molecule has 0 spiro atoms. The third kappa shape index (κ3) is 4.93. The van der Waals surface area contributed by atoms with E-state index in [1.54, 1.807) is 6.20 Å². The Morgan fingerprint density at radius 1 is 1.21 bits per heavy atom. The number of nitrogens with zero attached hydrogens (tertiary/aromatic N) is 3. The molecule has 3 N–H and O–H groups in total. The van der Waals surface area contributed by atoms with Crippen molar-refractivity contribution in [1.82, 2.24) is 9.97 Å². The number of aromatic nitrogens is 2. The lowest BCUT2D eigenvalue weighted by Gasteiger charge is -2.30. The van der Waals surface area contributed by atoms with Crippen LogP contribution in [-0.2, 0) is 0 Å². The SMILES string of the molecule is Cc1cnc(NC2CCC(c3c(C(N)=O)ccc(F)c3F)CC2)nc1N(C)C.Cl. The minimum Gasteiger partial charge on any atom is -0.366 e. The highest BCUT2D eigenvalue weighted by molar-refractivity contribution is 5.94. The van der Waals surface area contributed by atoms with Crippen LogP contribution in [0.4, 0.5) is 20.5 Å². The molecule has 1 amide bonds. The van der Waals surface area contributed by atoms with E-state index < -0.39 is 17.5 Å². The molecule has 1 aliphatic carbocycles. The largest absolute Gasteiger partial charge is 0.366 e. The molecule has 0 saturated heterocycles. The van der Waals surface area contributed by atoms with Gasteiger partial charge in [0.05, 0.1) is 0 Å². The zero-order chi connectivity index (χ0) is 20.4. The Bertz CT molecular complexity index is 885. The van der Waals surface area contributed by atoms with Crippen molar-refractivity contribution in [2.75, 3.05) is 24.3 Å². The van der Waals surface area contributed by atoms with Crippen molar-refractivity contribution in [1.29, 1.82) is 0 Å². The van der Waals surface area contributed by atoms with Gasteiger partial charge in [-0.2, -0.15) is 4.98 Å². The zero-order valence-electron chi connectivity index (χ0n) is 16.7. The Hall–Kier alpha value is -2.48. The summed E-state index contributed by atoms with van der Waals surface area (Å²) in [5.74, 6) is -1.51. The van der Waals surface area contributed by atoms with Crippen molar-refractivity contribution in [3.8, 4) is 0 Å². The predicted molar refractivity (Wildman–Crippen MR) is 112 cm³/mol. The van der Waals surface area contributed by atoms with Crippen LogP contribution in [0, 0.1) is 18.6 Å². The Kier molecular flexibility index (Phi) is 7.35. The molecule has 0 radical (unpaired) electrons. The number of hydrogen-bond donors (Lipinski definition) is 2. The van der Waals surface area contributed by atoms with Crippen molar-refractivity contribution in [2.45, 2.75) is 44.6 Å². The van der Waals surface area contributed by atoms with Crippen LogP contribution in [0.15, 0.2) is 18.3 Å². The first-order valence-corrected chi connectivity index (χ1v) is 9.33. The van der Waals surface area contributed by atoms with Crippen molar-refractivity contribution in [3.63, 3.8) is 0 Å². The number of benzene rings is 1. The first kappa shape index (κ1) is 22.8.